The third-order valence-electron chi connectivity index (χ3n) is 4.72. The Balaban J connectivity index is 0.00000280. The normalized spacial score (nSPS) is 16.6. The average molecular weight is 515 g/mol. The molecule has 0 amide bonds. The first-order valence-electron chi connectivity index (χ1n) is 9.22. The van der Waals surface area contributed by atoms with Crippen LogP contribution in [0.5, 0.6) is 0 Å². The van der Waals surface area contributed by atoms with Crippen LogP contribution in [0.4, 0.5) is 5.69 Å². The van der Waals surface area contributed by atoms with Gasteiger partial charge in [-0.2, -0.15) is 0 Å². The lowest BCUT2D eigenvalue weighted by atomic mass is 10.1. The van der Waals surface area contributed by atoms with E-state index in [0.29, 0.717) is 12.6 Å². The summed E-state index contributed by atoms with van der Waals surface area (Å²) in [5.41, 5.74) is 3.56. The van der Waals surface area contributed by atoms with Crippen molar-refractivity contribution in [2.24, 2.45) is 4.99 Å². The minimum absolute atomic E-state index is 0. The molecule has 0 radical (unpaired) electrons. The summed E-state index contributed by atoms with van der Waals surface area (Å²) >= 11 is 6.11. The SMILES string of the molecule is CN=C(NCc1ccc(COC)cc1)NC1CCN(c2cccc(Cl)c2)C1.I. The first kappa shape index (κ1) is 22.8. The van der Waals surface area contributed by atoms with Crippen molar-refractivity contribution >= 4 is 47.2 Å². The Hall–Kier alpha value is -1.51. The van der Waals surface area contributed by atoms with E-state index in [1.807, 2.05) is 18.2 Å². The molecule has 1 heterocycles. The molecule has 152 valence electrons. The maximum absolute atomic E-state index is 6.11. The quantitative estimate of drug-likeness (QED) is 0.347. The van der Waals surface area contributed by atoms with E-state index in [9.17, 15) is 0 Å². The largest absolute Gasteiger partial charge is 0.380 e. The number of benzene rings is 2. The molecular weight excluding hydrogens is 487 g/mol. The third-order valence-corrected chi connectivity index (χ3v) is 4.96. The molecule has 5 nitrogen and oxygen atoms in total. The van der Waals surface area contributed by atoms with Crippen LogP contribution in [0.3, 0.4) is 0 Å². The number of halogens is 2. The second-order valence-corrected chi connectivity index (χ2v) is 7.17. The zero-order chi connectivity index (χ0) is 19.1. The Bertz CT molecular complexity index is 769. The molecule has 0 spiro atoms. The van der Waals surface area contributed by atoms with Crippen LogP contribution in [0.25, 0.3) is 0 Å². The van der Waals surface area contributed by atoms with Crippen LogP contribution >= 0.6 is 35.6 Å². The van der Waals surface area contributed by atoms with Crippen LogP contribution in [-0.4, -0.2) is 39.2 Å². The van der Waals surface area contributed by atoms with E-state index in [4.69, 9.17) is 16.3 Å². The first-order valence-corrected chi connectivity index (χ1v) is 9.60. The standard InChI is InChI=1S/C21H27ClN4O.HI/c1-23-21(24-13-16-6-8-17(9-7-16)15-27-2)25-19-10-11-26(14-19)20-5-3-4-18(22)12-20;/h3-9,12,19H,10-11,13-15H2,1-2H3,(H2,23,24,25);1H. The molecule has 1 fully saturated rings. The van der Waals surface area contributed by atoms with Crippen molar-refractivity contribution in [2.75, 3.05) is 32.1 Å². The topological polar surface area (TPSA) is 48.9 Å². The van der Waals surface area contributed by atoms with Crippen LogP contribution in [-0.2, 0) is 17.9 Å². The van der Waals surface area contributed by atoms with E-state index in [2.05, 4.69) is 50.9 Å². The highest BCUT2D eigenvalue weighted by Crippen LogP contribution is 2.23. The summed E-state index contributed by atoms with van der Waals surface area (Å²) in [6, 6.07) is 16.8. The van der Waals surface area contributed by atoms with Gasteiger partial charge in [0.2, 0.25) is 0 Å². The molecule has 3 rings (SSSR count). The number of guanidine groups is 1. The minimum atomic E-state index is 0. The lowest BCUT2D eigenvalue weighted by Gasteiger charge is -2.20. The number of nitrogens with zero attached hydrogens (tertiary/aromatic N) is 2. The van der Waals surface area contributed by atoms with E-state index < -0.39 is 0 Å². The van der Waals surface area contributed by atoms with Gasteiger partial charge in [-0.1, -0.05) is 41.9 Å². The fraction of sp³-hybridized carbons (Fsp3) is 0.381. The van der Waals surface area contributed by atoms with Crippen LogP contribution in [0, 0.1) is 0 Å². The summed E-state index contributed by atoms with van der Waals surface area (Å²) in [6.07, 6.45) is 1.07. The van der Waals surface area contributed by atoms with Crippen molar-refractivity contribution in [3.05, 3.63) is 64.7 Å². The van der Waals surface area contributed by atoms with Gasteiger partial charge in [0, 0.05) is 50.5 Å². The number of ether oxygens (including phenoxy) is 1. The van der Waals surface area contributed by atoms with Crippen LogP contribution in [0.1, 0.15) is 17.5 Å². The van der Waals surface area contributed by atoms with Gasteiger partial charge in [-0.25, -0.2) is 0 Å². The van der Waals surface area contributed by atoms with Gasteiger partial charge in [0.15, 0.2) is 5.96 Å². The summed E-state index contributed by atoms with van der Waals surface area (Å²) in [5, 5.41) is 7.70. The second-order valence-electron chi connectivity index (χ2n) is 6.73. The number of methoxy groups -OCH3 is 1. The van der Waals surface area contributed by atoms with E-state index in [0.717, 1.165) is 37.0 Å². The Kier molecular flexibility index (Phi) is 9.34. The monoisotopic (exact) mass is 514 g/mol. The Morgan fingerprint density at radius 1 is 1.21 bits per heavy atom. The third kappa shape index (κ3) is 6.53. The predicted molar refractivity (Wildman–Crippen MR) is 128 cm³/mol. The van der Waals surface area contributed by atoms with Crippen molar-refractivity contribution in [3.8, 4) is 0 Å². The van der Waals surface area contributed by atoms with Crippen LogP contribution < -0.4 is 15.5 Å². The minimum Gasteiger partial charge on any atom is -0.380 e. The van der Waals surface area contributed by atoms with Gasteiger partial charge in [-0.15, -0.1) is 24.0 Å². The average Bonchev–Trinajstić information content (AvgIpc) is 3.15. The first-order chi connectivity index (χ1) is 13.2. The molecule has 0 aromatic heterocycles. The van der Waals surface area contributed by atoms with Gasteiger partial charge in [0.25, 0.3) is 0 Å². The van der Waals surface area contributed by atoms with Crippen molar-refractivity contribution in [3.63, 3.8) is 0 Å². The fourth-order valence-electron chi connectivity index (χ4n) is 3.28. The molecule has 28 heavy (non-hydrogen) atoms. The zero-order valence-corrected chi connectivity index (χ0v) is 19.4. The summed E-state index contributed by atoms with van der Waals surface area (Å²) < 4.78 is 5.15. The Morgan fingerprint density at radius 2 is 1.96 bits per heavy atom. The van der Waals surface area contributed by atoms with Crippen molar-refractivity contribution in [2.45, 2.75) is 25.6 Å². The Morgan fingerprint density at radius 3 is 2.64 bits per heavy atom. The number of rotatable bonds is 6. The number of nitrogens with one attached hydrogen (secondary N) is 2. The lowest BCUT2D eigenvalue weighted by molar-refractivity contribution is 0.185. The molecule has 0 aliphatic carbocycles. The van der Waals surface area contributed by atoms with Gasteiger partial charge in [-0.3, -0.25) is 4.99 Å². The van der Waals surface area contributed by atoms with Crippen molar-refractivity contribution in [1.29, 1.82) is 0 Å². The molecule has 1 saturated heterocycles. The van der Waals surface area contributed by atoms with Gasteiger partial charge in [0.05, 0.1) is 6.61 Å². The zero-order valence-electron chi connectivity index (χ0n) is 16.3. The van der Waals surface area contributed by atoms with Crippen molar-refractivity contribution < 1.29 is 4.74 Å². The van der Waals surface area contributed by atoms with Crippen LogP contribution in [0.2, 0.25) is 5.02 Å². The van der Waals surface area contributed by atoms with Gasteiger partial charge in [-0.05, 0) is 35.7 Å². The number of hydrogen-bond acceptors (Lipinski definition) is 3. The fourth-order valence-corrected chi connectivity index (χ4v) is 3.46. The molecule has 1 atom stereocenters. The highest BCUT2D eigenvalue weighted by Gasteiger charge is 2.23. The molecule has 0 bridgehead atoms. The highest BCUT2D eigenvalue weighted by atomic mass is 127. The molecular formula is C21H28ClIN4O. The summed E-state index contributed by atoms with van der Waals surface area (Å²) in [7, 11) is 3.52. The lowest BCUT2D eigenvalue weighted by Crippen LogP contribution is -2.44. The maximum Gasteiger partial charge on any atom is 0.191 e. The summed E-state index contributed by atoms with van der Waals surface area (Å²) in [6.45, 7) is 3.32. The number of hydrogen-bond donors (Lipinski definition) is 2. The number of anilines is 1. The molecule has 1 unspecified atom stereocenters. The number of aliphatic imine (C=N–C) groups is 1. The molecule has 0 saturated carbocycles. The predicted octanol–water partition coefficient (Wildman–Crippen LogP) is 4.05. The van der Waals surface area contributed by atoms with Gasteiger partial charge < -0.3 is 20.3 Å². The van der Waals surface area contributed by atoms with Crippen molar-refractivity contribution in [1.82, 2.24) is 10.6 Å². The van der Waals surface area contributed by atoms with Gasteiger partial charge in [0.1, 0.15) is 0 Å². The summed E-state index contributed by atoms with van der Waals surface area (Å²) in [4.78, 5) is 6.71. The molecule has 1 aliphatic rings. The van der Waals surface area contributed by atoms with E-state index in [-0.39, 0.29) is 24.0 Å². The van der Waals surface area contributed by atoms with E-state index in [1.54, 1.807) is 14.2 Å². The second kappa shape index (κ2) is 11.5. The molecule has 2 aromatic rings. The molecule has 1 aliphatic heterocycles. The molecule has 2 N–H and O–H groups in total. The highest BCUT2D eigenvalue weighted by molar-refractivity contribution is 14.0. The summed E-state index contributed by atoms with van der Waals surface area (Å²) in [5.74, 6) is 0.828. The smallest absolute Gasteiger partial charge is 0.191 e. The molecule has 7 heteroatoms. The van der Waals surface area contributed by atoms with Crippen LogP contribution in [0.15, 0.2) is 53.5 Å². The maximum atomic E-state index is 6.11. The Labute approximate surface area is 189 Å². The van der Waals surface area contributed by atoms with E-state index in [1.165, 1.54) is 16.8 Å². The van der Waals surface area contributed by atoms with E-state index >= 15 is 0 Å². The molecule has 2 aromatic carbocycles. The van der Waals surface area contributed by atoms with Gasteiger partial charge >= 0.3 is 0 Å².